The number of methoxy groups -OCH3 is 2. The molecule has 3 N–H and O–H groups in total. The molecule has 1 fully saturated rings. The molecule has 1 heterocycles. The number of ether oxygens (including phenoxy) is 2. The smallest absolute Gasteiger partial charge is 0.200 e. The van der Waals surface area contributed by atoms with Gasteiger partial charge in [-0.3, -0.25) is 9.89 Å². The van der Waals surface area contributed by atoms with E-state index in [-0.39, 0.29) is 29.7 Å². The molecule has 0 spiro atoms. The average molecular weight is 506 g/mol. The van der Waals surface area contributed by atoms with Crippen molar-refractivity contribution in [1.82, 2.24) is 15.5 Å². The Labute approximate surface area is 185 Å². The number of hydrogen-bond donors (Lipinski definition) is 3. The van der Waals surface area contributed by atoms with Crippen LogP contribution in [0.2, 0.25) is 0 Å². The molecule has 1 saturated heterocycles. The van der Waals surface area contributed by atoms with Gasteiger partial charge in [-0.15, -0.1) is 24.0 Å². The lowest BCUT2D eigenvalue weighted by Gasteiger charge is -2.35. The Balaban J connectivity index is 0.00000392. The highest BCUT2D eigenvalue weighted by atomic mass is 127. The molecule has 0 bridgehead atoms. The van der Waals surface area contributed by atoms with Crippen LogP contribution in [-0.2, 0) is 6.54 Å². The topological polar surface area (TPSA) is 78.4 Å². The van der Waals surface area contributed by atoms with Gasteiger partial charge in [0.25, 0.3) is 0 Å². The molecule has 1 aromatic carbocycles. The van der Waals surface area contributed by atoms with Crippen molar-refractivity contribution in [2.75, 3.05) is 40.9 Å². The second kappa shape index (κ2) is 12.9. The van der Waals surface area contributed by atoms with Crippen molar-refractivity contribution in [1.29, 1.82) is 0 Å². The normalized spacial score (nSPS) is 17.6. The van der Waals surface area contributed by atoms with Gasteiger partial charge in [-0.1, -0.05) is 13.3 Å². The molecular formula is C20H35IN4O3. The van der Waals surface area contributed by atoms with Crippen molar-refractivity contribution in [2.24, 2.45) is 4.99 Å². The van der Waals surface area contributed by atoms with Crippen LogP contribution in [0.15, 0.2) is 17.1 Å². The lowest BCUT2D eigenvalue weighted by Crippen LogP contribution is -2.45. The molecule has 0 radical (unpaired) electrons. The Kier molecular flexibility index (Phi) is 11.4. The van der Waals surface area contributed by atoms with Crippen molar-refractivity contribution >= 4 is 29.9 Å². The first-order valence-corrected chi connectivity index (χ1v) is 9.75. The van der Waals surface area contributed by atoms with Gasteiger partial charge in [0.2, 0.25) is 5.75 Å². The zero-order chi connectivity index (χ0) is 19.6. The summed E-state index contributed by atoms with van der Waals surface area (Å²) in [6.07, 6.45) is 5.19. The van der Waals surface area contributed by atoms with Crippen molar-refractivity contribution in [2.45, 2.75) is 45.2 Å². The van der Waals surface area contributed by atoms with Gasteiger partial charge in [0.1, 0.15) is 0 Å². The van der Waals surface area contributed by atoms with Crippen LogP contribution in [-0.4, -0.2) is 62.9 Å². The number of phenolic OH excluding ortho intramolecular Hbond substituents is 1. The minimum absolute atomic E-state index is 0. The molecule has 0 aromatic heterocycles. The summed E-state index contributed by atoms with van der Waals surface area (Å²) in [5.74, 6) is 1.55. The molecule has 28 heavy (non-hydrogen) atoms. The molecule has 1 aromatic rings. The Morgan fingerprint density at radius 1 is 1.21 bits per heavy atom. The van der Waals surface area contributed by atoms with Crippen molar-refractivity contribution in [3.63, 3.8) is 0 Å². The highest BCUT2D eigenvalue weighted by Crippen LogP contribution is 2.36. The number of nitrogens with one attached hydrogen (secondary N) is 2. The highest BCUT2D eigenvalue weighted by molar-refractivity contribution is 14.0. The number of likely N-dealkylation sites (tertiary alicyclic amines) is 1. The lowest BCUT2D eigenvalue weighted by molar-refractivity contribution is 0.147. The number of nitrogens with zero attached hydrogens (tertiary/aromatic N) is 2. The molecule has 2 rings (SSSR count). The monoisotopic (exact) mass is 506 g/mol. The van der Waals surface area contributed by atoms with E-state index in [1.165, 1.54) is 46.4 Å². The van der Waals surface area contributed by atoms with E-state index in [4.69, 9.17) is 9.47 Å². The number of hydrogen-bond acceptors (Lipinski definition) is 5. The fourth-order valence-corrected chi connectivity index (χ4v) is 3.59. The minimum atomic E-state index is 0. The van der Waals surface area contributed by atoms with Crippen LogP contribution in [0, 0.1) is 0 Å². The van der Waals surface area contributed by atoms with Crippen LogP contribution >= 0.6 is 24.0 Å². The summed E-state index contributed by atoms with van der Waals surface area (Å²) in [6.45, 7) is 5.91. The van der Waals surface area contributed by atoms with E-state index < -0.39 is 0 Å². The Morgan fingerprint density at radius 2 is 1.89 bits per heavy atom. The third kappa shape index (κ3) is 6.88. The van der Waals surface area contributed by atoms with Gasteiger partial charge in [0.05, 0.1) is 14.2 Å². The summed E-state index contributed by atoms with van der Waals surface area (Å²) in [5, 5.41) is 16.7. The maximum atomic E-state index is 10.0. The molecule has 0 amide bonds. The number of phenols is 1. The zero-order valence-corrected chi connectivity index (χ0v) is 19.8. The van der Waals surface area contributed by atoms with Crippen molar-refractivity contribution in [3.8, 4) is 17.2 Å². The van der Waals surface area contributed by atoms with Gasteiger partial charge < -0.3 is 25.2 Å². The molecule has 0 aliphatic carbocycles. The van der Waals surface area contributed by atoms with Crippen LogP contribution in [0.4, 0.5) is 0 Å². The number of rotatable bonds is 8. The molecule has 1 unspecified atom stereocenters. The second-order valence-electron chi connectivity index (χ2n) is 6.80. The summed E-state index contributed by atoms with van der Waals surface area (Å²) < 4.78 is 10.4. The number of guanidine groups is 1. The summed E-state index contributed by atoms with van der Waals surface area (Å²) in [6, 6.07) is 4.29. The standard InChI is InChI=1S/C20H34N4O3.HI/c1-5-16-8-6-7-10-24(16)11-9-22-20(21-2)23-14-15-12-17(26-3)19(25)18(13-15)27-4;/h12-13,16,25H,5-11,14H2,1-4H3,(H2,21,22,23);1H. The van der Waals surface area contributed by atoms with Gasteiger partial charge in [0.15, 0.2) is 17.5 Å². The van der Waals surface area contributed by atoms with Crippen LogP contribution in [0.25, 0.3) is 0 Å². The van der Waals surface area contributed by atoms with E-state index >= 15 is 0 Å². The molecule has 1 aliphatic heterocycles. The lowest BCUT2D eigenvalue weighted by atomic mass is 10.0. The first kappa shape index (κ1) is 24.6. The molecule has 0 saturated carbocycles. The van der Waals surface area contributed by atoms with Crippen LogP contribution in [0.5, 0.6) is 17.2 Å². The third-order valence-corrected chi connectivity index (χ3v) is 5.13. The van der Waals surface area contributed by atoms with Crippen molar-refractivity contribution < 1.29 is 14.6 Å². The fraction of sp³-hybridized carbons (Fsp3) is 0.650. The van der Waals surface area contributed by atoms with Gasteiger partial charge in [-0.25, -0.2) is 0 Å². The summed E-state index contributed by atoms with van der Waals surface area (Å²) >= 11 is 0. The van der Waals surface area contributed by atoms with E-state index in [1.807, 2.05) is 0 Å². The van der Waals surface area contributed by atoms with E-state index in [9.17, 15) is 5.11 Å². The first-order valence-electron chi connectivity index (χ1n) is 9.75. The molecule has 1 aliphatic rings. The Morgan fingerprint density at radius 3 is 2.46 bits per heavy atom. The van der Waals surface area contributed by atoms with Gasteiger partial charge in [-0.2, -0.15) is 0 Å². The average Bonchev–Trinajstić information content (AvgIpc) is 2.71. The van der Waals surface area contributed by atoms with E-state index in [0.29, 0.717) is 24.1 Å². The van der Waals surface area contributed by atoms with Gasteiger partial charge in [-0.05, 0) is 43.5 Å². The summed E-state index contributed by atoms with van der Waals surface area (Å²) in [7, 11) is 4.82. The Hall–Kier alpha value is -1.42. The maximum Gasteiger partial charge on any atom is 0.200 e. The van der Waals surface area contributed by atoms with Crippen LogP contribution in [0.3, 0.4) is 0 Å². The van der Waals surface area contributed by atoms with E-state index in [0.717, 1.165) is 24.6 Å². The van der Waals surface area contributed by atoms with E-state index in [2.05, 4.69) is 27.4 Å². The number of aliphatic imine (C=N–C) groups is 1. The second-order valence-corrected chi connectivity index (χ2v) is 6.80. The Bertz CT molecular complexity index is 602. The molecule has 7 nitrogen and oxygen atoms in total. The van der Waals surface area contributed by atoms with Gasteiger partial charge in [0, 0.05) is 32.7 Å². The third-order valence-electron chi connectivity index (χ3n) is 5.13. The maximum absolute atomic E-state index is 10.0. The number of halogens is 1. The van der Waals surface area contributed by atoms with Crippen LogP contribution < -0.4 is 20.1 Å². The predicted octanol–water partition coefficient (Wildman–Crippen LogP) is 2.96. The fourth-order valence-electron chi connectivity index (χ4n) is 3.59. The number of aromatic hydroxyl groups is 1. The van der Waals surface area contributed by atoms with Gasteiger partial charge >= 0.3 is 0 Å². The quantitative estimate of drug-likeness (QED) is 0.286. The highest BCUT2D eigenvalue weighted by Gasteiger charge is 2.20. The zero-order valence-electron chi connectivity index (χ0n) is 17.5. The molecule has 1 atom stereocenters. The summed E-state index contributed by atoms with van der Waals surface area (Å²) in [5.41, 5.74) is 0.937. The molecule has 160 valence electrons. The largest absolute Gasteiger partial charge is 0.502 e. The predicted molar refractivity (Wildman–Crippen MR) is 124 cm³/mol. The molecular weight excluding hydrogens is 471 g/mol. The minimum Gasteiger partial charge on any atom is -0.502 e. The van der Waals surface area contributed by atoms with E-state index in [1.54, 1.807) is 19.2 Å². The summed E-state index contributed by atoms with van der Waals surface area (Å²) in [4.78, 5) is 6.87. The van der Waals surface area contributed by atoms with Crippen molar-refractivity contribution in [3.05, 3.63) is 17.7 Å². The number of benzene rings is 1. The first-order chi connectivity index (χ1) is 13.1. The van der Waals surface area contributed by atoms with Crippen LogP contribution in [0.1, 0.15) is 38.2 Å². The number of piperidine rings is 1. The SMILES string of the molecule is CCC1CCCCN1CCNC(=NC)NCc1cc(OC)c(O)c(OC)c1.I. The molecule has 8 heteroatoms.